The molecule has 0 unspecified atom stereocenters. The Hall–Kier alpha value is -3.69. The van der Waals surface area contributed by atoms with Gasteiger partial charge in [0.05, 0.1) is 16.4 Å². The molecule has 0 saturated carbocycles. The molecule has 4 rings (SSSR count). The lowest BCUT2D eigenvalue weighted by Crippen LogP contribution is -2.28. The van der Waals surface area contributed by atoms with Crippen LogP contribution in [-0.2, 0) is 17.9 Å². The van der Waals surface area contributed by atoms with Gasteiger partial charge >= 0.3 is 0 Å². The van der Waals surface area contributed by atoms with Crippen LogP contribution < -0.4 is 4.74 Å². The van der Waals surface area contributed by atoms with E-state index in [1.54, 1.807) is 42.5 Å². The van der Waals surface area contributed by atoms with Gasteiger partial charge < -0.3 is 4.74 Å². The molecule has 34 heavy (non-hydrogen) atoms. The Balaban J connectivity index is 1.45. The Morgan fingerprint density at radius 3 is 2.53 bits per heavy atom. The van der Waals surface area contributed by atoms with Crippen molar-refractivity contribution in [1.82, 2.24) is 4.90 Å². The van der Waals surface area contributed by atoms with Gasteiger partial charge in [-0.2, -0.15) is 0 Å². The molecule has 0 aliphatic carbocycles. The molecule has 3 aromatic carbocycles. The van der Waals surface area contributed by atoms with Crippen LogP contribution in [0.4, 0.5) is 14.9 Å². The van der Waals surface area contributed by atoms with Gasteiger partial charge in [-0.05, 0) is 65.4 Å². The Morgan fingerprint density at radius 1 is 1.09 bits per heavy atom. The first-order valence-corrected chi connectivity index (χ1v) is 11.2. The van der Waals surface area contributed by atoms with Gasteiger partial charge in [-0.15, -0.1) is 0 Å². The van der Waals surface area contributed by atoms with E-state index in [-0.39, 0.29) is 34.3 Å². The zero-order chi connectivity index (χ0) is 24.2. The molecule has 1 saturated heterocycles. The highest BCUT2D eigenvalue weighted by molar-refractivity contribution is 8.18. The average molecular weight is 499 g/mol. The summed E-state index contributed by atoms with van der Waals surface area (Å²) in [4.78, 5) is 36.6. The third-order valence-electron chi connectivity index (χ3n) is 4.96. The van der Waals surface area contributed by atoms with Crippen LogP contribution in [0.5, 0.6) is 5.75 Å². The van der Waals surface area contributed by atoms with E-state index in [1.807, 2.05) is 0 Å². The van der Waals surface area contributed by atoms with Gasteiger partial charge in [0.1, 0.15) is 18.2 Å². The fraction of sp³-hybridized carbons (Fsp3) is 0.0833. The predicted octanol–water partition coefficient (Wildman–Crippen LogP) is 6.20. The topological polar surface area (TPSA) is 89.7 Å². The van der Waals surface area contributed by atoms with Crippen molar-refractivity contribution in [2.45, 2.75) is 13.2 Å². The van der Waals surface area contributed by atoms with Crippen LogP contribution >= 0.6 is 23.4 Å². The van der Waals surface area contributed by atoms with Crippen molar-refractivity contribution in [3.8, 4) is 5.75 Å². The number of rotatable bonds is 7. The van der Waals surface area contributed by atoms with Gasteiger partial charge in [0.15, 0.2) is 0 Å². The average Bonchev–Trinajstić information content (AvgIpc) is 3.07. The Morgan fingerprint density at radius 2 is 1.82 bits per heavy atom. The highest BCUT2D eigenvalue weighted by atomic mass is 35.5. The summed E-state index contributed by atoms with van der Waals surface area (Å²) < 4.78 is 19.8. The molecular formula is C24H16ClFN2O5S. The molecule has 1 fully saturated rings. The highest BCUT2D eigenvalue weighted by Crippen LogP contribution is 2.35. The molecular weight excluding hydrogens is 483 g/mol. The standard InChI is InChI=1S/C24H16ClFN2O5S/c25-20-5-2-6-21(26)19(20)13-27-23(29)22(34-24(27)30)12-16-3-1-4-18(11-16)33-14-15-7-9-17(10-8-15)28(31)32/h1-12H,13-14H2/b22-12+. The van der Waals surface area contributed by atoms with Crippen molar-refractivity contribution in [3.05, 3.63) is 109 Å². The maximum atomic E-state index is 14.1. The lowest BCUT2D eigenvalue weighted by molar-refractivity contribution is -0.384. The molecule has 0 aromatic heterocycles. The number of hydrogen-bond acceptors (Lipinski definition) is 6. The van der Waals surface area contributed by atoms with Gasteiger partial charge in [-0.3, -0.25) is 24.6 Å². The fourth-order valence-corrected chi connectivity index (χ4v) is 4.26. The van der Waals surface area contributed by atoms with E-state index >= 15 is 0 Å². The van der Waals surface area contributed by atoms with E-state index in [4.69, 9.17) is 16.3 Å². The molecule has 172 valence electrons. The van der Waals surface area contributed by atoms with Crippen LogP contribution in [0.15, 0.2) is 71.6 Å². The molecule has 0 spiro atoms. The van der Waals surface area contributed by atoms with Crippen LogP contribution in [0, 0.1) is 15.9 Å². The highest BCUT2D eigenvalue weighted by Gasteiger charge is 2.35. The van der Waals surface area contributed by atoms with Gasteiger partial charge in [0, 0.05) is 22.7 Å². The second-order valence-electron chi connectivity index (χ2n) is 7.25. The fourth-order valence-electron chi connectivity index (χ4n) is 3.20. The molecule has 7 nitrogen and oxygen atoms in total. The smallest absolute Gasteiger partial charge is 0.293 e. The van der Waals surface area contributed by atoms with E-state index in [0.29, 0.717) is 11.3 Å². The number of ether oxygens (including phenoxy) is 1. The van der Waals surface area contributed by atoms with E-state index in [9.17, 15) is 24.1 Å². The quantitative estimate of drug-likeness (QED) is 0.219. The van der Waals surface area contributed by atoms with Crippen LogP contribution in [0.25, 0.3) is 6.08 Å². The minimum atomic E-state index is -0.589. The zero-order valence-electron chi connectivity index (χ0n) is 17.4. The number of benzene rings is 3. The van der Waals surface area contributed by atoms with E-state index < -0.39 is 21.9 Å². The molecule has 0 atom stereocenters. The molecule has 1 heterocycles. The SMILES string of the molecule is O=C1S/C(=C/c2cccc(OCc3ccc([N+](=O)[O-])cc3)c2)C(=O)N1Cc1c(F)cccc1Cl. The lowest BCUT2D eigenvalue weighted by Gasteiger charge is -2.14. The normalized spacial score (nSPS) is 14.6. The number of thioether (sulfide) groups is 1. The number of nitro groups is 1. The van der Waals surface area contributed by atoms with Gasteiger partial charge in [-0.1, -0.05) is 29.8 Å². The van der Waals surface area contributed by atoms with E-state index in [2.05, 4.69) is 0 Å². The number of hydrogen-bond donors (Lipinski definition) is 0. The minimum absolute atomic E-state index is 0.00281. The van der Waals surface area contributed by atoms with Gasteiger partial charge in [0.25, 0.3) is 16.8 Å². The van der Waals surface area contributed by atoms with Crippen molar-refractivity contribution < 1.29 is 23.6 Å². The zero-order valence-corrected chi connectivity index (χ0v) is 19.0. The van der Waals surface area contributed by atoms with E-state index in [0.717, 1.165) is 22.2 Å². The Kier molecular flexibility index (Phi) is 6.95. The summed E-state index contributed by atoms with van der Waals surface area (Å²) in [7, 11) is 0. The van der Waals surface area contributed by atoms with E-state index in [1.165, 1.54) is 30.3 Å². The largest absolute Gasteiger partial charge is 0.489 e. The summed E-state index contributed by atoms with van der Waals surface area (Å²) in [6.07, 6.45) is 1.56. The number of imide groups is 1. The summed E-state index contributed by atoms with van der Waals surface area (Å²) >= 11 is 6.79. The van der Waals surface area contributed by atoms with Crippen molar-refractivity contribution in [2.75, 3.05) is 0 Å². The summed E-state index contributed by atoms with van der Waals surface area (Å²) in [6.45, 7) is -0.0622. The molecule has 3 aromatic rings. The molecule has 1 aliphatic rings. The first-order valence-electron chi connectivity index (χ1n) is 9.96. The van der Waals surface area contributed by atoms with Crippen molar-refractivity contribution >= 4 is 46.3 Å². The van der Waals surface area contributed by atoms with Crippen LogP contribution in [-0.4, -0.2) is 21.0 Å². The monoisotopic (exact) mass is 498 g/mol. The number of amides is 2. The number of carbonyl (C=O) groups excluding carboxylic acids is 2. The minimum Gasteiger partial charge on any atom is -0.489 e. The molecule has 0 bridgehead atoms. The Bertz CT molecular complexity index is 1290. The number of nitro benzene ring substituents is 1. The molecule has 1 aliphatic heterocycles. The number of nitrogens with zero attached hydrogens (tertiary/aromatic N) is 2. The first-order chi connectivity index (χ1) is 16.3. The third-order valence-corrected chi connectivity index (χ3v) is 6.22. The van der Waals surface area contributed by atoms with Crippen molar-refractivity contribution in [1.29, 1.82) is 0 Å². The predicted molar refractivity (Wildman–Crippen MR) is 127 cm³/mol. The number of non-ortho nitro benzene ring substituents is 1. The maximum absolute atomic E-state index is 14.1. The lowest BCUT2D eigenvalue weighted by atomic mass is 10.1. The summed E-state index contributed by atoms with van der Waals surface area (Å²) in [5.41, 5.74) is 1.46. The number of halogens is 2. The molecule has 0 N–H and O–H groups in total. The maximum Gasteiger partial charge on any atom is 0.293 e. The van der Waals surface area contributed by atoms with Gasteiger partial charge in [0.2, 0.25) is 0 Å². The van der Waals surface area contributed by atoms with Crippen LogP contribution in [0.1, 0.15) is 16.7 Å². The summed E-state index contributed by atoms with van der Waals surface area (Å²) in [5.74, 6) is -0.607. The number of carbonyl (C=O) groups is 2. The first kappa shape index (κ1) is 23.5. The van der Waals surface area contributed by atoms with Crippen LogP contribution in [0.3, 0.4) is 0 Å². The molecule has 2 amide bonds. The second-order valence-corrected chi connectivity index (χ2v) is 8.65. The summed E-state index contributed by atoms with van der Waals surface area (Å²) in [6, 6.07) is 17.1. The second kappa shape index (κ2) is 10.1. The van der Waals surface area contributed by atoms with Gasteiger partial charge in [-0.25, -0.2) is 4.39 Å². The third kappa shape index (κ3) is 5.27. The van der Waals surface area contributed by atoms with Crippen LogP contribution in [0.2, 0.25) is 5.02 Å². The molecule has 10 heteroatoms. The molecule has 0 radical (unpaired) electrons. The van der Waals surface area contributed by atoms with Crippen molar-refractivity contribution in [2.24, 2.45) is 0 Å². The van der Waals surface area contributed by atoms with Crippen molar-refractivity contribution in [3.63, 3.8) is 0 Å². The summed E-state index contributed by atoms with van der Waals surface area (Å²) in [5, 5.41) is 10.4. The Labute approximate surface area is 202 Å².